The minimum atomic E-state index is -0.763. The van der Waals surface area contributed by atoms with E-state index < -0.39 is 6.10 Å². The fourth-order valence-corrected chi connectivity index (χ4v) is 8.08. The molecule has 0 aliphatic carbocycles. The maximum absolute atomic E-state index is 12.8. The highest BCUT2D eigenvalue weighted by Gasteiger charge is 2.19. The third-order valence-electron chi connectivity index (χ3n) is 12.5. The lowest BCUT2D eigenvalue weighted by Gasteiger charge is -2.18. The summed E-state index contributed by atoms with van der Waals surface area (Å²) < 4.78 is 16.8. The molecule has 6 heteroatoms. The van der Waals surface area contributed by atoms with Crippen molar-refractivity contribution in [3.8, 4) is 0 Å². The van der Waals surface area contributed by atoms with Crippen LogP contribution in [0.4, 0.5) is 0 Å². The predicted octanol–water partition coefficient (Wildman–Crippen LogP) is 17.2. The number of hydrogen-bond acceptors (Lipinski definition) is 6. The van der Waals surface area contributed by atoms with Crippen LogP contribution in [0.1, 0.15) is 292 Å². The van der Waals surface area contributed by atoms with Crippen molar-refractivity contribution < 1.29 is 28.6 Å². The fourth-order valence-electron chi connectivity index (χ4n) is 8.08. The molecule has 0 spiro atoms. The first-order valence-corrected chi connectivity index (χ1v) is 26.6. The van der Waals surface area contributed by atoms with Crippen LogP contribution >= 0.6 is 0 Å². The Kier molecular flexibility index (Phi) is 44.2. The Hall–Kier alpha value is -1.59. The van der Waals surface area contributed by atoms with Crippen LogP contribution in [0.2, 0.25) is 0 Å². The molecule has 0 saturated carbocycles. The molecule has 356 valence electrons. The monoisotopic (exact) mass is 849 g/mol. The molecule has 0 aromatic rings. The van der Waals surface area contributed by atoms with Crippen molar-refractivity contribution in [3.63, 3.8) is 0 Å². The van der Waals surface area contributed by atoms with E-state index in [0.717, 1.165) is 75.5 Å². The normalized spacial score (nSPS) is 12.6. The second-order valence-corrected chi connectivity index (χ2v) is 19.7. The lowest BCUT2D eigenvalue weighted by molar-refractivity contribution is -0.167. The highest BCUT2D eigenvalue weighted by molar-refractivity contribution is 5.71. The molecule has 0 aromatic carbocycles. The molecule has 0 fully saturated rings. The van der Waals surface area contributed by atoms with Crippen molar-refractivity contribution in [2.24, 2.45) is 17.8 Å². The summed E-state index contributed by atoms with van der Waals surface area (Å²) in [5.41, 5.74) is 0. The van der Waals surface area contributed by atoms with Gasteiger partial charge >= 0.3 is 17.9 Å². The van der Waals surface area contributed by atoms with Crippen molar-refractivity contribution in [3.05, 3.63) is 0 Å². The third-order valence-corrected chi connectivity index (χ3v) is 12.5. The van der Waals surface area contributed by atoms with Crippen LogP contribution in [0, 0.1) is 17.8 Å². The maximum Gasteiger partial charge on any atom is 0.306 e. The molecule has 0 rings (SSSR count). The fraction of sp³-hybridized carbons (Fsp3) is 0.944. The second-order valence-electron chi connectivity index (χ2n) is 19.7. The van der Waals surface area contributed by atoms with Gasteiger partial charge in [0.05, 0.1) is 0 Å². The molecular weight excluding hydrogens is 745 g/mol. The van der Waals surface area contributed by atoms with Crippen LogP contribution in [-0.4, -0.2) is 37.2 Å². The van der Waals surface area contributed by atoms with E-state index in [4.69, 9.17) is 14.2 Å². The summed E-state index contributed by atoms with van der Waals surface area (Å²) in [6.45, 7) is 13.7. The van der Waals surface area contributed by atoms with Crippen molar-refractivity contribution in [2.75, 3.05) is 13.2 Å². The van der Waals surface area contributed by atoms with Gasteiger partial charge in [0, 0.05) is 19.3 Å². The van der Waals surface area contributed by atoms with Gasteiger partial charge in [-0.15, -0.1) is 0 Å². The van der Waals surface area contributed by atoms with E-state index >= 15 is 0 Å². The Labute approximate surface area is 374 Å². The summed E-state index contributed by atoms with van der Waals surface area (Å²) in [6.07, 6.45) is 45.2. The van der Waals surface area contributed by atoms with Crippen LogP contribution in [0.3, 0.4) is 0 Å². The lowest BCUT2D eigenvalue weighted by atomic mass is 10.00. The SMILES string of the molecule is CCC(C)CCCCCCCCC(=O)OC[C@H](COC(=O)CCCCCCCCCCCCCCC(C)C)OC(=O)CCCCCCCCCCCCCCCCC(C)C. The van der Waals surface area contributed by atoms with Gasteiger partial charge in [-0.05, 0) is 37.0 Å². The molecular formula is C54H104O6. The van der Waals surface area contributed by atoms with E-state index in [1.54, 1.807) is 0 Å². The summed E-state index contributed by atoms with van der Waals surface area (Å²) in [5, 5.41) is 0. The second kappa shape index (κ2) is 45.4. The molecule has 0 bridgehead atoms. The first-order valence-electron chi connectivity index (χ1n) is 26.6. The molecule has 60 heavy (non-hydrogen) atoms. The van der Waals surface area contributed by atoms with Gasteiger partial charge in [0.2, 0.25) is 0 Å². The van der Waals surface area contributed by atoms with Crippen molar-refractivity contribution in [1.29, 1.82) is 0 Å². The van der Waals surface area contributed by atoms with Crippen LogP contribution in [0.5, 0.6) is 0 Å². The zero-order chi connectivity index (χ0) is 44.2. The maximum atomic E-state index is 12.8. The van der Waals surface area contributed by atoms with Crippen molar-refractivity contribution in [2.45, 2.75) is 298 Å². The molecule has 0 aromatic heterocycles. The summed E-state index contributed by atoms with van der Waals surface area (Å²) >= 11 is 0. The van der Waals surface area contributed by atoms with Gasteiger partial charge in [0.1, 0.15) is 13.2 Å². The minimum Gasteiger partial charge on any atom is -0.462 e. The Morgan fingerprint density at radius 2 is 0.583 bits per heavy atom. The van der Waals surface area contributed by atoms with Crippen LogP contribution < -0.4 is 0 Å². The highest BCUT2D eigenvalue weighted by Crippen LogP contribution is 2.18. The first kappa shape index (κ1) is 58.4. The third kappa shape index (κ3) is 45.9. The van der Waals surface area contributed by atoms with E-state index in [1.807, 2.05) is 0 Å². The summed E-state index contributed by atoms with van der Waals surface area (Å²) in [6, 6.07) is 0. The molecule has 0 radical (unpaired) electrons. The Bertz CT molecular complexity index is 931. The lowest BCUT2D eigenvalue weighted by Crippen LogP contribution is -2.30. The average molecular weight is 849 g/mol. The van der Waals surface area contributed by atoms with Gasteiger partial charge in [0.15, 0.2) is 6.10 Å². The molecule has 0 saturated heterocycles. The molecule has 2 atom stereocenters. The van der Waals surface area contributed by atoms with E-state index in [-0.39, 0.29) is 31.1 Å². The van der Waals surface area contributed by atoms with Crippen molar-refractivity contribution in [1.82, 2.24) is 0 Å². The Balaban J connectivity index is 4.29. The molecule has 0 N–H and O–H groups in total. The smallest absolute Gasteiger partial charge is 0.306 e. The quantitative estimate of drug-likeness (QED) is 0.0345. The predicted molar refractivity (Wildman–Crippen MR) is 256 cm³/mol. The largest absolute Gasteiger partial charge is 0.462 e. The molecule has 0 amide bonds. The highest BCUT2D eigenvalue weighted by atomic mass is 16.6. The van der Waals surface area contributed by atoms with Gasteiger partial charge in [-0.1, -0.05) is 253 Å². The first-order chi connectivity index (χ1) is 29.1. The number of rotatable bonds is 47. The number of esters is 3. The number of hydrogen-bond donors (Lipinski definition) is 0. The zero-order valence-electron chi connectivity index (χ0n) is 41.3. The standard InChI is InChI=1S/C54H104O6/c1-7-50(6)42-36-30-26-27-32-38-44-53(56)59-47-51(46-58-52(55)43-37-31-24-20-16-13-12-15-19-23-29-35-41-49(4)5)60-54(57)45-39-33-25-21-17-11-9-8-10-14-18-22-28-34-40-48(2)3/h48-51H,7-47H2,1-6H3/t50?,51-/m0/s1. The Morgan fingerprint density at radius 1 is 0.333 bits per heavy atom. The van der Waals surface area contributed by atoms with Gasteiger partial charge < -0.3 is 14.2 Å². The van der Waals surface area contributed by atoms with Gasteiger partial charge in [-0.25, -0.2) is 0 Å². The van der Waals surface area contributed by atoms with Crippen LogP contribution in [-0.2, 0) is 28.6 Å². The van der Waals surface area contributed by atoms with E-state index in [0.29, 0.717) is 19.3 Å². The van der Waals surface area contributed by atoms with E-state index in [1.165, 1.54) is 173 Å². The van der Waals surface area contributed by atoms with Gasteiger partial charge in [0.25, 0.3) is 0 Å². The minimum absolute atomic E-state index is 0.0650. The Morgan fingerprint density at radius 3 is 0.867 bits per heavy atom. The molecule has 6 nitrogen and oxygen atoms in total. The number of carbonyl (C=O) groups excluding carboxylic acids is 3. The zero-order valence-corrected chi connectivity index (χ0v) is 41.3. The molecule has 0 aliphatic heterocycles. The van der Waals surface area contributed by atoms with Crippen LogP contribution in [0.25, 0.3) is 0 Å². The number of carbonyl (C=O) groups is 3. The summed E-state index contributed by atoms with van der Waals surface area (Å²) in [5.74, 6) is 1.64. The average Bonchev–Trinajstić information content (AvgIpc) is 3.22. The van der Waals surface area contributed by atoms with Gasteiger partial charge in [-0.2, -0.15) is 0 Å². The number of unbranched alkanes of at least 4 members (excludes halogenated alkanes) is 29. The van der Waals surface area contributed by atoms with Gasteiger partial charge in [-0.3, -0.25) is 14.4 Å². The molecule has 0 aliphatic rings. The number of ether oxygens (including phenoxy) is 3. The van der Waals surface area contributed by atoms with E-state index in [2.05, 4.69) is 41.5 Å². The summed E-state index contributed by atoms with van der Waals surface area (Å²) in [7, 11) is 0. The van der Waals surface area contributed by atoms with Crippen molar-refractivity contribution >= 4 is 17.9 Å². The van der Waals surface area contributed by atoms with Crippen LogP contribution in [0.15, 0.2) is 0 Å². The topological polar surface area (TPSA) is 78.9 Å². The molecule has 0 heterocycles. The molecule has 1 unspecified atom stereocenters. The summed E-state index contributed by atoms with van der Waals surface area (Å²) in [4.78, 5) is 38.0. The van der Waals surface area contributed by atoms with E-state index in [9.17, 15) is 14.4 Å².